The quantitative estimate of drug-likeness (QED) is 0.480. The Morgan fingerprint density at radius 2 is 1.51 bits per heavy atom. The first kappa shape index (κ1) is 24.8. The van der Waals surface area contributed by atoms with Crippen LogP contribution in [0.15, 0.2) is 30.3 Å². The number of fused-ring (bicyclic) bond motifs is 5. The van der Waals surface area contributed by atoms with Crippen LogP contribution in [0.3, 0.4) is 0 Å². The molecule has 8 atom stereocenters. The van der Waals surface area contributed by atoms with E-state index < -0.39 is 0 Å². The molecule has 1 amide bonds. The minimum absolute atomic E-state index is 0.0717. The van der Waals surface area contributed by atoms with E-state index in [9.17, 15) is 9.59 Å². The Labute approximate surface area is 212 Å². The fourth-order valence-corrected chi connectivity index (χ4v) is 10.2. The number of Topliss-reactive ketones (excluding diaryl/α,β-unsaturated/α-hetero) is 1. The van der Waals surface area contributed by atoms with Crippen molar-refractivity contribution in [2.24, 2.45) is 45.3 Å². The van der Waals surface area contributed by atoms with Gasteiger partial charge in [-0.25, -0.2) is 4.79 Å². The molecule has 35 heavy (non-hydrogen) atoms. The number of carbonyl (C=O) groups is 2. The van der Waals surface area contributed by atoms with E-state index in [1.807, 2.05) is 37.3 Å². The molecule has 0 unspecified atom stereocenters. The van der Waals surface area contributed by atoms with Crippen LogP contribution in [-0.2, 0) is 9.53 Å². The van der Waals surface area contributed by atoms with Gasteiger partial charge >= 0.3 is 6.09 Å². The predicted molar refractivity (Wildman–Crippen MR) is 140 cm³/mol. The summed E-state index contributed by atoms with van der Waals surface area (Å²) in [5.74, 6) is 2.43. The highest BCUT2D eigenvalue weighted by Gasteiger charge is 2.69. The SMILES string of the molecule is CC(=O)[C@H]1CC[C@]2(C)[C@@H]1CC[C@@H]1[C@@]3(C)CC[C@H](OC(=O)Nc4ccccc4)C(C)(C)[C@@H]3CC[C@]12C. The summed E-state index contributed by atoms with van der Waals surface area (Å²) in [5, 5.41) is 2.91. The first-order chi connectivity index (χ1) is 16.4. The second kappa shape index (κ2) is 8.35. The lowest BCUT2D eigenvalue weighted by Crippen LogP contribution is -2.64. The summed E-state index contributed by atoms with van der Waals surface area (Å²) in [7, 11) is 0. The standard InChI is InChI=1S/C31H45NO3/c1-20(33)22-14-18-30(5)23(22)12-13-25-29(4)17-16-26(28(2,3)24(29)15-19-31(25,30)6)35-27(34)32-21-10-8-7-9-11-21/h7-11,22-26H,12-19H2,1-6H3,(H,32,34)/t22-,23-,24+,25-,26+,29+,30-,31-/m1/s1. The van der Waals surface area contributed by atoms with E-state index in [2.05, 4.69) is 39.9 Å². The Hall–Kier alpha value is -1.84. The third-order valence-corrected chi connectivity index (χ3v) is 12.1. The van der Waals surface area contributed by atoms with Crippen molar-refractivity contribution in [3.63, 3.8) is 0 Å². The van der Waals surface area contributed by atoms with Gasteiger partial charge in [0.1, 0.15) is 11.9 Å². The number of ketones is 1. The Morgan fingerprint density at radius 1 is 0.829 bits per heavy atom. The summed E-state index contributed by atoms with van der Waals surface area (Å²) in [4.78, 5) is 25.3. The number of hydrogen-bond acceptors (Lipinski definition) is 3. The van der Waals surface area contributed by atoms with Crippen molar-refractivity contribution < 1.29 is 14.3 Å². The average molecular weight is 480 g/mol. The van der Waals surface area contributed by atoms with E-state index in [1.54, 1.807) is 0 Å². The smallest absolute Gasteiger partial charge is 0.411 e. The molecular formula is C31H45NO3. The minimum Gasteiger partial charge on any atom is -0.445 e. The van der Waals surface area contributed by atoms with Gasteiger partial charge in [0.15, 0.2) is 0 Å². The molecule has 4 aliphatic rings. The fraction of sp³-hybridized carbons (Fsp3) is 0.742. The molecule has 5 rings (SSSR count). The van der Waals surface area contributed by atoms with E-state index in [0.717, 1.165) is 24.9 Å². The summed E-state index contributed by atoms with van der Waals surface area (Å²) in [6, 6.07) is 9.57. The van der Waals surface area contributed by atoms with Gasteiger partial charge in [-0.1, -0.05) is 52.8 Å². The number of rotatable bonds is 3. The van der Waals surface area contributed by atoms with E-state index in [-0.39, 0.29) is 39.8 Å². The molecule has 0 spiro atoms. The van der Waals surface area contributed by atoms with Gasteiger partial charge in [-0.3, -0.25) is 10.1 Å². The highest BCUT2D eigenvalue weighted by atomic mass is 16.6. The molecular weight excluding hydrogens is 434 g/mol. The van der Waals surface area contributed by atoms with Gasteiger partial charge in [0.2, 0.25) is 0 Å². The van der Waals surface area contributed by atoms with E-state index >= 15 is 0 Å². The number of nitrogens with one attached hydrogen (secondary N) is 1. The van der Waals surface area contributed by atoms with Gasteiger partial charge in [0.25, 0.3) is 0 Å². The van der Waals surface area contributed by atoms with E-state index in [1.165, 1.54) is 32.1 Å². The molecule has 0 saturated heterocycles. The second-order valence-electron chi connectivity index (χ2n) is 13.7. The molecule has 4 nitrogen and oxygen atoms in total. The summed E-state index contributed by atoms with van der Waals surface area (Å²) in [6.45, 7) is 14.2. The Kier molecular flexibility index (Phi) is 5.92. The normalized spacial score (nSPS) is 43.9. The lowest BCUT2D eigenvalue weighted by atomic mass is 9.35. The van der Waals surface area contributed by atoms with Crippen LogP contribution in [0.4, 0.5) is 10.5 Å². The largest absolute Gasteiger partial charge is 0.445 e. The van der Waals surface area contributed by atoms with Crippen LogP contribution in [0.2, 0.25) is 0 Å². The second-order valence-corrected chi connectivity index (χ2v) is 13.7. The molecule has 4 fully saturated rings. The minimum atomic E-state index is -0.340. The molecule has 1 aromatic rings. The zero-order valence-corrected chi connectivity index (χ0v) is 22.7. The summed E-state index contributed by atoms with van der Waals surface area (Å²) >= 11 is 0. The van der Waals surface area contributed by atoms with Gasteiger partial charge in [-0.15, -0.1) is 0 Å². The number of ether oxygens (including phenoxy) is 1. The zero-order valence-electron chi connectivity index (χ0n) is 22.7. The maximum absolute atomic E-state index is 12.8. The van der Waals surface area contributed by atoms with Crippen LogP contribution >= 0.6 is 0 Å². The summed E-state index contributed by atoms with van der Waals surface area (Å²) in [5.41, 5.74) is 1.48. The highest BCUT2D eigenvalue weighted by Crippen LogP contribution is 2.75. The molecule has 192 valence electrons. The van der Waals surface area contributed by atoms with Gasteiger partial charge in [-0.2, -0.15) is 0 Å². The van der Waals surface area contributed by atoms with Crippen molar-refractivity contribution in [1.29, 1.82) is 0 Å². The number of amides is 1. The maximum atomic E-state index is 12.8. The highest BCUT2D eigenvalue weighted by molar-refractivity contribution is 5.84. The third-order valence-electron chi connectivity index (χ3n) is 12.1. The zero-order chi connectivity index (χ0) is 25.2. The average Bonchev–Trinajstić information content (AvgIpc) is 3.15. The van der Waals surface area contributed by atoms with E-state index in [0.29, 0.717) is 23.5 Å². The monoisotopic (exact) mass is 479 g/mol. The molecule has 0 aromatic heterocycles. The van der Waals surface area contributed by atoms with Crippen LogP contribution in [0.5, 0.6) is 0 Å². The summed E-state index contributed by atoms with van der Waals surface area (Å²) < 4.78 is 6.11. The first-order valence-corrected chi connectivity index (χ1v) is 14.0. The topological polar surface area (TPSA) is 55.4 Å². The lowest BCUT2D eigenvalue weighted by molar-refractivity contribution is -0.220. The van der Waals surface area contributed by atoms with Crippen molar-refractivity contribution in [3.05, 3.63) is 30.3 Å². The number of para-hydroxylation sites is 1. The van der Waals surface area contributed by atoms with Crippen LogP contribution < -0.4 is 5.32 Å². The molecule has 0 aliphatic heterocycles. The van der Waals surface area contributed by atoms with Crippen molar-refractivity contribution in [3.8, 4) is 0 Å². The Balaban J connectivity index is 1.36. The Bertz CT molecular complexity index is 988. The van der Waals surface area contributed by atoms with E-state index in [4.69, 9.17) is 4.74 Å². The van der Waals surface area contributed by atoms with Gasteiger partial charge in [0.05, 0.1) is 0 Å². The number of carbonyl (C=O) groups excluding carboxylic acids is 2. The van der Waals surface area contributed by atoms with Crippen molar-refractivity contribution >= 4 is 17.6 Å². The van der Waals surface area contributed by atoms with Gasteiger partial charge in [0, 0.05) is 17.0 Å². The van der Waals surface area contributed by atoms with Gasteiger partial charge < -0.3 is 4.74 Å². The van der Waals surface area contributed by atoms with Crippen molar-refractivity contribution in [2.75, 3.05) is 5.32 Å². The number of hydrogen-bond donors (Lipinski definition) is 1. The molecule has 4 saturated carbocycles. The van der Waals surface area contributed by atoms with Crippen LogP contribution in [0, 0.1) is 45.3 Å². The fourth-order valence-electron chi connectivity index (χ4n) is 10.2. The Morgan fingerprint density at radius 3 is 2.20 bits per heavy atom. The molecule has 1 N–H and O–H groups in total. The number of benzene rings is 1. The molecule has 4 aliphatic carbocycles. The van der Waals surface area contributed by atoms with Gasteiger partial charge in [-0.05, 0) is 104 Å². The third kappa shape index (κ3) is 3.60. The molecule has 1 aromatic carbocycles. The summed E-state index contributed by atoms with van der Waals surface area (Å²) in [6.07, 6.45) is 8.74. The van der Waals surface area contributed by atoms with Crippen LogP contribution in [0.1, 0.15) is 92.9 Å². The number of anilines is 1. The maximum Gasteiger partial charge on any atom is 0.411 e. The molecule has 4 heteroatoms. The van der Waals surface area contributed by atoms with Crippen LogP contribution in [0.25, 0.3) is 0 Å². The van der Waals surface area contributed by atoms with Crippen LogP contribution in [-0.4, -0.2) is 18.0 Å². The van der Waals surface area contributed by atoms with Crippen molar-refractivity contribution in [2.45, 2.75) is 99.0 Å². The van der Waals surface area contributed by atoms with Crippen molar-refractivity contribution in [1.82, 2.24) is 0 Å². The molecule has 0 radical (unpaired) electrons. The predicted octanol–water partition coefficient (Wildman–Crippen LogP) is 7.88. The molecule has 0 heterocycles. The lowest BCUT2D eigenvalue weighted by Gasteiger charge is -2.69. The first-order valence-electron chi connectivity index (χ1n) is 14.0. The molecule has 0 bridgehead atoms.